The minimum atomic E-state index is 0. The van der Waals surface area contributed by atoms with E-state index in [-0.39, 0.29) is 30.3 Å². The van der Waals surface area contributed by atoms with Crippen LogP contribution in [0.15, 0.2) is 42.7 Å². The van der Waals surface area contributed by atoms with Gasteiger partial charge in [0, 0.05) is 24.4 Å². The van der Waals surface area contributed by atoms with Crippen LogP contribution in [0.1, 0.15) is 24.8 Å². The molecule has 1 heterocycles. The smallest absolute Gasteiger partial charge is 0.229 e. The molecule has 0 bridgehead atoms. The van der Waals surface area contributed by atoms with Crippen LogP contribution in [0.4, 0.5) is 5.95 Å². The van der Waals surface area contributed by atoms with Gasteiger partial charge in [0.15, 0.2) is 0 Å². The lowest BCUT2D eigenvalue weighted by molar-refractivity contribution is -0.119. The van der Waals surface area contributed by atoms with Crippen molar-refractivity contribution in [1.82, 2.24) is 9.55 Å². The zero-order chi connectivity index (χ0) is 14.7. The van der Waals surface area contributed by atoms with Gasteiger partial charge in [-0.15, -0.1) is 12.4 Å². The quantitative estimate of drug-likeness (QED) is 0.908. The van der Waals surface area contributed by atoms with Crippen molar-refractivity contribution >= 4 is 24.3 Å². The lowest BCUT2D eigenvalue weighted by Crippen LogP contribution is -2.24. The highest BCUT2D eigenvalue weighted by Gasteiger charge is 2.28. The Balaban J connectivity index is 0.00000176. The van der Waals surface area contributed by atoms with Crippen molar-refractivity contribution < 1.29 is 4.79 Å². The number of aromatic nitrogens is 2. The molecule has 0 spiro atoms. The molecule has 0 radical (unpaired) electrons. The van der Waals surface area contributed by atoms with E-state index in [1.807, 2.05) is 29.0 Å². The number of rotatable bonds is 4. The van der Waals surface area contributed by atoms with Crippen molar-refractivity contribution in [3.05, 3.63) is 48.3 Å². The molecule has 2 atom stereocenters. The van der Waals surface area contributed by atoms with Gasteiger partial charge >= 0.3 is 0 Å². The summed E-state index contributed by atoms with van der Waals surface area (Å²) >= 11 is 0. The molecule has 0 saturated heterocycles. The van der Waals surface area contributed by atoms with Crippen molar-refractivity contribution in [3.8, 4) is 0 Å². The van der Waals surface area contributed by atoms with Crippen LogP contribution in [0.25, 0.3) is 0 Å². The second-order valence-corrected chi connectivity index (χ2v) is 5.62. The van der Waals surface area contributed by atoms with Crippen LogP contribution in [0.2, 0.25) is 0 Å². The van der Waals surface area contributed by atoms with Gasteiger partial charge in [0.25, 0.3) is 0 Å². The van der Waals surface area contributed by atoms with E-state index in [0.717, 1.165) is 19.3 Å². The summed E-state index contributed by atoms with van der Waals surface area (Å²) in [5.41, 5.74) is 7.04. The van der Waals surface area contributed by atoms with Gasteiger partial charge in [-0.2, -0.15) is 0 Å². The first-order valence-corrected chi connectivity index (χ1v) is 7.34. The van der Waals surface area contributed by atoms with Gasteiger partial charge in [0.2, 0.25) is 11.9 Å². The summed E-state index contributed by atoms with van der Waals surface area (Å²) in [5.74, 6) is 0.648. The number of carbonyl (C=O) groups is 1. The summed E-state index contributed by atoms with van der Waals surface area (Å²) in [6.45, 7) is 0.695. The van der Waals surface area contributed by atoms with E-state index >= 15 is 0 Å². The summed E-state index contributed by atoms with van der Waals surface area (Å²) in [5, 5.41) is 2.93. The highest BCUT2D eigenvalue weighted by Crippen LogP contribution is 2.25. The van der Waals surface area contributed by atoms with Gasteiger partial charge in [-0.1, -0.05) is 30.3 Å². The Morgan fingerprint density at radius 2 is 2.09 bits per heavy atom. The van der Waals surface area contributed by atoms with E-state index in [0.29, 0.717) is 12.5 Å². The molecule has 3 N–H and O–H groups in total. The zero-order valence-electron chi connectivity index (χ0n) is 12.3. The third-order valence-corrected chi connectivity index (χ3v) is 3.99. The molecule has 3 rings (SSSR count). The van der Waals surface area contributed by atoms with Crippen molar-refractivity contribution in [2.24, 2.45) is 11.7 Å². The second-order valence-electron chi connectivity index (χ2n) is 5.62. The Hall–Kier alpha value is -1.85. The standard InChI is InChI=1S/C16H20N4O.ClH/c17-14-7-6-13(10-14)15(21)19-16-18-8-9-20(16)11-12-4-2-1-3-5-12;/h1-5,8-9,13-14H,6-7,10-11,17H2,(H,18,19,21);1H. The van der Waals surface area contributed by atoms with Gasteiger partial charge in [-0.25, -0.2) is 4.98 Å². The number of nitrogens with zero attached hydrogens (tertiary/aromatic N) is 2. The molecule has 5 nitrogen and oxygen atoms in total. The maximum Gasteiger partial charge on any atom is 0.229 e. The molecule has 118 valence electrons. The average molecular weight is 321 g/mol. The van der Waals surface area contributed by atoms with Gasteiger partial charge in [0.05, 0.1) is 6.54 Å². The minimum Gasteiger partial charge on any atom is -0.328 e. The summed E-state index contributed by atoms with van der Waals surface area (Å²) in [6.07, 6.45) is 6.15. The predicted octanol–water partition coefficient (Wildman–Crippen LogP) is 2.42. The van der Waals surface area contributed by atoms with Crippen molar-refractivity contribution in [3.63, 3.8) is 0 Å². The SMILES string of the molecule is Cl.NC1CCC(C(=O)Nc2nccn2Cc2ccccc2)C1. The van der Waals surface area contributed by atoms with Crippen LogP contribution in [-0.2, 0) is 11.3 Å². The van der Waals surface area contributed by atoms with Gasteiger partial charge < -0.3 is 10.3 Å². The lowest BCUT2D eigenvalue weighted by atomic mass is 10.1. The summed E-state index contributed by atoms with van der Waals surface area (Å²) in [6, 6.07) is 10.3. The molecule has 1 aromatic carbocycles. The van der Waals surface area contributed by atoms with Gasteiger partial charge in [-0.05, 0) is 24.8 Å². The number of nitrogens with one attached hydrogen (secondary N) is 1. The van der Waals surface area contributed by atoms with Gasteiger partial charge in [-0.3, -0.25) is 10.1 Å². The zero-order valence-corrected chi connectivity index (χ0v) is 13.1. The predicted molar refractivity (Wildman–Crippen MR) is 89.0 cm³/mol. The molecule has 0 aliphatic heterocycles. The van der Waals surface area contributed by atoms with E-state index in [9.17, 15) is 4.79 Å². The number of hydrogen-bond donors (Lipinski definition) is 2. The summed E-state index contributed by atoms with van der Waals surface area (Å²) in [4.78, 5) is 16.5. The monoisotopic (exact) mass is 320 g/mol. The number of amides is 1. The average Bonchev–Trinajstić information content (AvgIpc) is 3.10. The van der Waals surface area contributed by atoms with E-state index < -0.39 is 0 Å². The van der Waals surface area contributed by atoms with Crippen LogP contribution >= 0.6 is 12.4 Å². The van der Waals surface area contributed by atoms with E-state index in [4.69, 9.17) is 5.73 Å². The molecule has 6 heteroatoms. The third-order valence-electron chi connectivity index (χ3n) is 3.99. The number of hydrogen-bond acceptors (Lipinski definition) is 3. The first-order chi connectivity index (χ1) is 10.2. The third kappa shape index (κ3) is 3.87. The Morgan fingerprint density at radius 1 is 1.32 bits per heavy atom. The maximum atomic E-state index is 12.2. The molecule has 1 aromatic heterocycles. The lowest BCUT2D eigenvalue weighted by Gasteiger charge is -2.12. The largest absolute Gasteiger partial charge is 0.328 e. The van der Waals surface area contributed by atoms with Crippen LogP contribution in [0.5, 0.6) is 0 Å². The number of halogens is 1. The molecular formula is C16H21ClN4O. The minimum absolute atomic E-state index is 0. The topological polar surface area (TPSA) is 72.9 Å². The van der Waals surface area contributed by atoms with Gasteiger partial charge in [0.1, 0.15) is 0 Å². The summed E-state index contributed by atoms with van der Waals surface area (Å²) in [7, 11) is 0. The van der Waals surface area contributed by atoms with Crippen molar-refractivity contribution in [2.45, 2.75) is 31.8 Å². The highest BCUT2D eigenvalue weighted by atomic mass is 35.5. The van der Waals surface area contributed by atoms with Crippen molar-refractivity contribution in [1.29, 1.82) is 0 Å². The maximum absolute atomic E-state index is 12.2. The Bertz CT molecular complexity index is 614. The highest BCUT2D eigenvalue weighted by molar-refractivity contribution is 5.91. The normalized spacial score (nSPS) is 20.4. The van der Waals surface area contributed by atoms with E-state index in [1.165, 1.54) is 5.56 Å². The molecule has 1 amide bonds. The van der Waals surface area contributed by atoms with E-state index in [2.05, 4.69) is 22.4 Å². The van der Waals surface area contributed by atoms with Crippen LogP contribution in [0, 0.1) is 5.92 Å². The fourth-order valence-electron chi connectivity index (χ4n) is 2.81. The fourth-order valence-corrected chi connectivity index (χ4v) is 2.81. The first kappa shape index (κ1) is 16.5. The van der Waals surface area contributed by atoms with E-state index in [1.54, 1.807) is 6.20 Å². The fraction of sp³-hybridized carbons (Fsp3) is 0.375. The number of nitrogens with two attached hydrogens (primary N) is 1. The van der Waals surface area contributed by atoms with Crippen LogP contribution in [-0.4, -0.2) is 21.5 Å². The molecule has 1 saturated carbocycles. The molecule has 1 fully saturated rings. The Morgan fingerprint density at radius 3 is 2.77 bits per heavy atom. The first-order valence-electron chi connectivity index (χ1n) is 7.34. The Kier molecular flexibility index (Phi) is 5.57. The van der Waals surface area contributed by atoms with Crippen molar-refractivity contribution in [2.75, 3.05) is 5.32 Å². The number of imidazole rings is 1. The van der Waals surface area contributed by atoms with Crippen LogP contribution < -0.4 is 11.1 Å². The Labute approximate surface area is 136 Å². The molecule has 2 aromatic rings. The number of benzene rings is 1. The molecule has 1 aliphatic rings. The number of anilines is 1. The molecule has 1 aliphatic carbocycles. The second kappa shape index (κ2) is 7.42. The molecule has 22 heavy (non-hydrogen) atoms. The summed E-state index contributed by atoms with van der Waals surface area (Å²) < 4.78 is 1.95. The number of carbonyl (C=O) groups excluding carboxylic acids is 1. The molecule has 2 unspecified atom stereocenters. The van der Waals surface area contributed by atoms with Crippen LogP contribution in [0.3, 0.4) is 0 Å². The molecular weight excluding hydrogens is 300 g/mol.